The zero-order chi connectivity index (χ0) is 14.4. The highest BCUT2D eigenvalue weighted by atomic mass is 79.9. The summed E-state index contributed by atoms with van der Waals surface area (Å²) in [6, 6.07) is 4.42. The van der Waals surface area contributed by atoms with Crippen LogP contribution in [-0.2, 0) is 4.79 Å². The van der Waals surface area contributed by atoms with Crippen molar-refractivity contribution < 1.29 is 14.7 Å². The van der Waals surface area contributed by atoms with Crippen molar-refractivity contribution in [3.05, 3.63) is 27.7 Å². The van der Waals surface area contributed by atoms with Crippen LogP contribution < -0.4 is 10.6 Å². The third-order valence-electron chi connectivity index (χ3n) is 2.35. The first-order valence-electron chi connectivity index (χ1n) is 5.63. The molecule has 2 amide bonds. The molecule has 0 radical (unpaired) electrons. The van der Waals surface area contributed by atoms with Gasteiger partial charge < -0.3 is 15.7 Å². The highest BCUT2D eigenvalue weighted by Crippen LogP contribution is 2.25. The number of amides is 2. The number of aliphatic carboxylic acids is 1. The summed E-state index contributed by atoms with van der Waals surface area (Å²) in [5.41, 5.74) is 0.551. The van der Waals surface area contributed by atoms with Crippen molar-refractivity contribution in [1.82, 2.24) is 5.32 Å². The minimum Gasteiger partial charge on any atom is -0.481 e. The Balaban J connectivity index is 2.50. The van der Waals surface area contributed by atoms with E-state index in [2.05, 4.69) is 26.6 Å². The van der Waals surface area contributed by atoms with Crippen molar-refractivity contribution in [3.8, 4) is 0 Å². The molecule has 0 aliphatic rings. The number of carboxylic acid groups (broad SMARTS) is 1. The molecule has 1 unspecified atom stereocenters. The van der Waals surface area contributed by atoms with Crippen LogP contribution in [0.3, 0.4) is 0 Å². The second kappa shape index (κ2) is 7.35. The number of carboxylic acids is 1. The number of halogens is 2. The van der Waals surface area contributed by atoms with Crippen molar-refractivity contribution in [2.45, 2.75) is 25.8 Å². The fourth-order valence-electron chi connectivity index (χ4n) is 1.39. The summed E-state index contributed by atoms with van der Waals surface area (Å²) in [4.78, 5) is 22.1. The molecular weight excluding hydrogens is 336 g/mol. The van der Waals surface area contributed by atoms with Crippen molar-refractivity contribution in [3.63, 3.8) is 0 Å². The van der Waals surface area contributed by atoms with E-state index in [1.807, 2.05) is 0 Å². The lowest BCUT2D eigenvalue weighted by Crippen LogP contribution is -2.36. The van der Waals surface area contributed by atoms with E-state index in [0.717, 1.165) is 0 Å². The van der Waals surface area contributed by atoms with Gasteiger partial charge in [0.25, 0.3) is 0 Å². The number of urea groups is 1. The highest BCUT2D eigenvalue weighted by molar-refractivity contribution is 9.10. The maximum atomic E-state index is 11.7. The van der Waals surface area contributed by atoms with E-state index in [1.54, 1.807) is 25.1 Å². The molecule has 0 heterocycles. The molecule has 1 rings (SSSR count). The number of nitrogens with one attached hydrogen (secondary N) is 2. The van der Waals surface area contributed by atoms with Crippen LogP contribution in [0.5, 0.6) is 0 Å². The van der Waals surface area contributed by atoms with Crippen LogP contribution in [0.4, 0.5) is 10.5 Å². The Labute approximate surface area is 124 Å². The lowest BCUT2D eigenvalue weighted by molar-refractivity contribution is -0.137. The van der Waals surface area contributed by atoms with Crippen LogP contribution in [0.1, 0.15) is 19.8 Å². The third-order valence-corrected chi connectivity index (χ3v) is 3.27. The predicted molar refractivity (Wildman–Crippen MR) is 77.6 cm³/mol. The second-order valence-corrected chi connectivity index (χ2v) is 5.35. The van der Waals surface area contributed by atoms with Crippen LogP contribution in [-0.4, -0.2) is 23.1 Å². The van der Waals surface area contributed by atoms with Gasteiger partial charge in [0.2, 0.25) is 0 Å². The van der Waals surface area contributed by atoms with Crippen molar-refractivity contribution in [1.29, 1.82) is 0 Å². The smallest absolute Gasteiger partial charge is 0.319 e. The molecule has 0 fully saturated rings. The van der Waals surface area contributed by atoms with Gasteiger partial charge in [-0.05, 0) is 47.5 Å². The standard InChI is InChI=1S/C12H14BrClN2O3/c1-7(2-5-11(17)18)15-12(19)16-10-6-8(14)3-4-9(10)13/h3-4,6-7H,2,5H2,1H3,(H,17,18)(H2,15,16,19). The number of benzene rings is 1. The number of carbonyl (C=O) groups is 2. The highest BCUT2D eigenvalue weighted by Gasteiger charge is 2.10. The summed E-state index contributed by atoms with van der Waals surface area (Å²) in [5, 5.41) is 14.4. The average Bonchev–Trinajstić information content (AvgIpc) is 2.31. The molecule has 5 nitrogen and oxygen atoms in total. The Morgan fingerprint density at radius 3 is 2.79 bits per heavy atom. The van der Waals surface area contributed by atoms with E-state index in [9.17, 15) is 9.59 Å². The van der Waals surface area contributed by atoms with Crippen LogP contribution >= 0.6 is 27.5 Å². The SMILES string of the molecule is CC(CCC(=O)O)NC(=O)Nc1cc(Cl)ccc1Br. The molecule has 3 N–H and O–H groups in total. The topological polar surface area (TPSA) is 78.4 Å². The van der Waals surface area contributed by atoms with Gasteiger partial charge in [0.1, 0.15) is 0 Å². The molecule has 0 saturated heterocycles. The van der Waals surface area contributed by atoms with Gasteiger partial charge in [0.05, 0.1) is 5.69 Å². The van der Waals surface area contributed by atoms with Crippen molar-refractivity contribution in [2.75, 3.05) is 5.32 Å². The van der Waals surface area contributed by atoms with Crippen LogP contribution in [0, 0.1) is 0 Å². The number of hydrogen-bond acceptors (Lipinski definition) is 2. The minimum atomic E-state index is -0.883. The van der Waals surface area contributed by atoms with Gasteiger partial charge in [0, 0.05) is 22.0 Å². The zero-order valence-electron chi connectivity index (χ0n) is 10.2. The number of rotatable bonds is 5. The third kappa shape index (κ3) is 5.94. The second-order valence-electron chi connectivity index (χ2n) is 4.06. The summed E-state index contributed by atoms with van der Waals surface area (Å²) in [7, 11) is 0. The summed E-state index contributed by atoms with van der Waals surface area (Å²) in [5.74, 6) is -0.883. The van der Waals surface area contributed by atoms with Gasteiger partial charge in [-0.3, -0.25) is 4.79 Å². The molecule has 0 aliphatic carbocycles. The van der Waals surface area contributed by atoms with Gasteiger partial charge >= 0.3 is 12.0 Å². The zero-order valence-corrected chi connectivity index (χ0v) is 12.6. The normalized spacial score (nSPS) is 11.7. The van der Waals surface area contributed by atoms with E-state index in [0.29, 0.717) is 21.6 Å². The number of anilines is 1. The lowest BCUT2D eigenvalue weighted by atomic mass is 10.2. The quantitative estimate of drug-likeness (QED) is 0.761. The molecule has 0 bridgehead atoms. The predicted octanol–water partition coefficient (Wildman–Crippen LogP) is 3.48. The van der Waals surface area contributed by atoms with Gasteiger partial charge in [-0.15, -0.1) is 0 Å². The summed E-state index contributed by atoms with van der Waals surface area (Å²) in [6.07, 6.45) is 0.391. The molecule has 0 spiro atoms. The lowest BCUT2D eigenvalue weighted by Gasteiger charge is -2.14. The van der Waals surface area contributed by atoms with E-state index < -0.39 is 12.0 Å². The first-order valence-corrected chi connectivity index (χ1v) is 6.80. The fraction of sp³-hybridized carbons (Fsp3) is 0.333. The molecule has 7 heteroatoms. The minimum absolute atomic E-state index is 0.0162. The first kappa shape index (κ1) is 15.8. The molecule has 1 aromatic carbocycles. The molecule has 104 valence electrons. The first-order chi connectivity index (χ1) is 8.88. The van der Waals surface area contributed by atoms with E-state index in [1.165, 1.54) is 0 Å². The van der Waals surface area contributed by atoms with E-state index >= 15 is 0 Å². The maximum absolute atomic E-state index is 11.7. The molecule has 19 heavy (non-hydrogen) atoms. The Hall–Kier alpha value is -1.27. The van der Waals surface area contributed by atoms with Gasteiger partial charge in [-0.25, -0.2) is 4.79 Å². The molecule has 0 aromatic heterocycles. The monoisotopic (exact) mass is 348 g/mol. The summed E-state index contributed by atoms with van der Waals surface area (Å²) < 4.78 is 0.713. The summed E-state index contributed by atoms with van der Waals surface area (Å²) in [6.45, 7) is 1.75. The molecule has 0 aliphatic heterocycles. The molecular formula is C12H14BrClN2O3. The molecule has 1 aromatic rings. The van der Waals surface area contributed by atoms with Crippen molar-refractivity contribution in [2.24, 2.45) is 0 Å². The maximum Gasteiger partial charge on any atom is 0.319 e. The largest absolute Gasteiger partial charge is 0.481 e. The van der Waals surface area contributed by atoms with Gasteiger partial charge in [-0.2, -0.15) is 0 Å². The Bertz CT molecular complexity index is 482. The Morgan fingerprint density at radius 2 is 2.16 bits per heavy atom. The van der Waals surface area contributed by atoms with E-state index in [4.69, 9.17) is 16.7 Å². The Kier molecular flexibility index (Phi) is 6.11. The van der Waals surface area contributed by atoms with E-state index in [-0.39, 0.29) is 12.5 Å². The van der Waals surface area contributed by atoms with Crippen molar-refractivity contribution >= 4 is 45.2 Å². The van der Waals surface area contributed by atoms with Crippen LogP contribution in [0.15, 0.2) is 22.7 Å². The summed E-state index contributed by atoms with van der Waals surface area (Å²) >= 11 is 9.13. The van der Waals surface area contributed by atoms with Crippen LogP contribution in [0.25, 0.3) is 0 Å². The number of hydrogen-bond donors (Lipinski definition) is 3. The van der Waals surface area contributed by atoms with Gasteiger partial charge in [0.15, 0.2) is 0 Å². The Morgan fingerprint density at radius 1 is 1.47 bits per heavy atom. The fourth-order valence-corrected chi connectivity index (χ4v) is 1.91. The van der Waals surface area contributed by atoms with Crippen LogP contribution in [0.2, 0.25) is 5.02 Å². The average molecular weight is 350 g/mol. The van der Waals surface area contributed by atoms with Gasteiger partial charge in [-0.1, -0.05) is 11.6 Å². The molecule has 1 atom stereocenters. The number of carbonyl (C=O) groups excluding carboxylic acids is 1. The molecule has 0 saturated carbocycles.